The van der Waals surface area contributed by atoms with E-state index in [4.69, 9.17) is 4.74 Å². The summed E-state index contributed by atoms with van der Waals surface area (Å²) in [6, 6.07) is 12.4. The first-order valence-corrected chi connectivity index (χ1v) is 10.9. The highest BCUT2D eigenvalue weighted by atomic mass is 79.9. The van der Waals surface area contributed by atoms with E-state index in [-0.39, 0.29) is 17.2 Å². The SMILES string of the molecule is CC(=O)Nc1ccc(S(=O)(=O)CCC(=O)OCC(=O)Nc2ccc(Br)cc2)cc1. The lowest BCUT2D eigenvalue weighted by Gasteiger charge is -2.08. The van der Waals surface area contributed by atoms with Crippen molar-refractivity contribution in [3.8, 4) is 0 Å². The fraction of sp³-hybridized carbons (Fsp3) is 0.211. The molecule has 0 aliphatic carbocycles. The molecule has 2 amide bonds. The maximum Gasteiger partial charge on any atom is 0.307 e. The summed E-state index contributed by atoms with van der Waals surface area (Å²) in [7, 11) is -3.71. The Kier molecular flexibility index (Phi) is 7.91. The van der Waals surface area contributed by atoms with Crippen LogP contribution in [-0.2, 0) is 29.0 Å². The predicted molar refractivity (Wildman–Crippen MR) is 111 cm³/mol. The largest absolute Gasteiger partial charge is 0.456 e. The molecule has 2 N–H and O–H groups in total. The first kappa shape index (κ1) is 22.6. The van der Waals surface area contributed by atoms with Crippen LogP contribution in [0, 0.1) is 0 Å². The maximum absolute atomic E-state index is 12.3. The van der Waals surface area contributed by atoms with Gasteiger partial charge in [-0.25, -0.2) is 8.42 Å². The summed E-state index contributed by atoms with van der Waals surface area (Å²) in [5.74, 6) is -2.06. The number of hydrogen-bond acceptors (Lipinski definition) is 6. The molecule has 0 heterocycles. The zero-order valence-electron chi connectivity index (χ0n) is 15.5. The van der Waals surface area contributed by atoms with E-state index in [0.29, 0.717) is 11.4 Å². The smallest absolute Gasteiger partial charge is 0.307 e. The highest BCUT2D eigenvalue weighted by molar-refractivity contribution is 9.10. The minimum absolute atomic E-state index is 0.0207. The molecule has 2 aromatic rings. The average molecular weight is 483 g/mol. The topological polar surface area (TPSA) is 119 Å². The zero-order chi connectivity index (χ0) is 21.4. The van der Waals surface area contributed by atoms with Crippen molar-refractivity contribution < 1.29 is 27.5 Å². The summed E-state index contributed by atoms with van der Waals surface area (Å²) >= 11 is 3.28. The van der Waals surface area contributed by atoms with E-state index in [1.807, 2.05) is 0 Å². The minimum atomic E-state index is -3.71. The van der Waals surface area contributed by atoms with Gasteiger partial charge < -0.3 is 15.4 Å². The molecule has 10 heteroatoms. The second-order valence-electron chi connectivity index (χ2n) is 5.99. The average Bonchev–Trinajstić information content (AvgIpc) is 2.66. The van der Waals surface area contributed by atoms with Crippen molar-refractivity contribution in [1.29, 1.82) is 0 Å². The van der Waals surface area contributed by atoms with Crippen LogP contribution in [0.25, 0.3) is 0 Å². The number of hydrogen-bond donors (Lipinski definition) is 2. The molecular weight excluding hydrogens is 464 g/mol. The van der Waals surface area contributed by atoms with E-state index < -0.39 is 34.1 Å². The first-order chi connectivity index (χ1) is 13.7. The molecule has 0 unspecified atom stereocenters. The van der Waals surface area contributed by atoms with Crippen molar-refractivity contribution in [2.45, 2.75) is 18.2 Å². The third-order valence-electron chi connectivity index (χ3n) is 3.60. The van der Waals surface area contributed by atoms with Crippen LogP contribution in [0.3, 0.4) is 0 Å². The Bertz CT molecular complexity index is 988. The zero-order valence-corrected chi connectivity index (χ0v) is 17.9. The first-order valence-electron chi connectivity index (χ1n) is 8.47. The standard InChI is InChI=1S/C19H19BrN2O6S/c1-13(23)21-15-6-8-17(9-7-15)29(26,27)11-10-19(25)28-12-18(24)22-16-4-2-14(20)3-5-16/h2-9H,10-12H2,1H3,(H,21,23)(H,22,24). The minimum Gasteiger partial charge on any atom is -0.456 e. The Morgan fingerprint density at radius 3 is 2.07 bits per heavy atom. The van der Waals surface area contributed by atoms with Crippen molar-refractivity contribution >= 4 is 54.9 Å². The highest BCUT2D eigenvalue weighted by Gasteiger charge is 2.18. The number of anilines is 2. The number of nitrogens with one attached hydrogen (secondary N) is 2. The molecule has 154 valence electrons. The fourth-order valence-corrected chi connectivity index (χ4v) is 3.72. The Morgan fingerprint density at radius 1 is 0.931 bits per heavy atom. The number of amides is 2. The Hall–Kier alpha value is -2.72. The van der Waals surface area contributed by atoms with E-state index >= 15 is 0 Å². The van der Waals surface area contributed by atoms with Gasteiger partial charge in [-0.05, 0) is 48.5 Å². The van der Waals surface area contributed by atoms with Crippen molar-refractivity contribution in [3.05, 3.63) is 53.0 Å². The molecule has 0 aliphatic heterocycles. The summed E-state index contributed by atoms with van der Waals surface area (Å²) in [6.45, 7) is 0.829. The van der Waals surface area contributed by atoms with E-state index in [1.54, 1.807) is 24.3 Å². The summed E-state index contributed by atoms with van der Waals surface area (Å²) < 4.78 is 30.3. The number of carbonyl (C=O) groups excluding carboxylic acids is 3. The Morgan fingerprint density at radius 2 is 1.48 bits per heavy atom. The molecule has 0 saturated heterocycles. The molecule has 2 aromatic carbocycles. The molecule has 0 spiro atoms. The molecule has 8 nitrogen and oxygen atoms in total. The van der Waals surface area contributed by atoms with Gasteiger partial charge in [-0.1, -0.05) is 15.9 Å². The third-order valence-corrected chi connectivity index (χ3v) is 5.86. The monoisotopic (exact) mass is 482 g/mol. The molecule has 0 fully saturated rings. The number of carbonyl (C=O) groups is 3. The summed E-state index contributed by atoms with van der Waals surface area (Å²) in [5.41, 5.74) is 1.01. The number of esters is 1. The number of halogens is 1. The van der Waals surface area contributed by atoms with E-state index in [2.05, 4.69) is 26.6 Å². The lowest BCUT2D eigenvalue weighted by molar-refractivity contribution is -0.146. The van der Waals surface area contributed by atoms with Gasteiger partial charge in [0, 0.05) is 22.8 Å². The molecule has 0 aromatic heterocycles. The van der Waals surface area contributed by atoms with Crippen LogP contribution in [0.2, 0.25) is 0 Å². The number of sulfone groups is 1. The normalized spacial score (nSPS) is 10.8. The molecule has 0 bridgehead atoms. The molecule has 0 saturated carbocycles. The van der Waals surface area contributed by atoms with Gasteiger partial charge >= 0.3 is 5.97 Å². The van der Waals surface area contributed by atoms with Crippen molar-refractivity contribution in [2.75, 3.05) is 23.0 Å². The lowest BCUT2D eigenvalue weighted by Crippen LogP contribution is -2.22. The number of benzene rings is 2. The Labute approximate surface area is 176 Å². The lowest BCUT2D eigenvalue weighted by atomic mass is 10.3. The molecule has 0 radical (unpaired) electrons. The third kappa shape index (κ3) is 7.66. The van der Waals surface area contributed by atoms with Crippen LogP contribution in [0.5, 0.6) is 0 Å². The van der Waals surface area contributed by atoms with Gasteiger partial charge in [0.25, 0.3) is 5.91 Å². The number of rotatable bonds is 8. The highest BCUT2D eigenvalue weighted by Crippen LogP contribution is 2.16. The quantitative estimate of drug-likeness (QED) is 0.558. The van der Waals surface area contributed by atoms with Crippen LogP contribution < -0.4 is 10.6 Å². The van der Waals surface area contributed by atoms with Gasteiger partial charge in [-0.2, -0.15) is 0 Å². The van der Waals surface area contributed by atoms with Gasteiger partial charge in [0.05, 0.1) is 17.1 Å². The molecule has 0 atom stereocenters. The van der Waals surface area contributed by atoms with Gasteiger partial charge in [0.2, 0.25) is 5.91 Å². The molecule has 0 aliphatic rings. The maximum atomic E-state index is 12.3. The molecule has 29 heavy (non-hydrogen) atoms. The van der Waals surface area contributed by atoms with Crippen molar-refractivity contribution in [2.24, 2.45) is 0 Å². The van der Waals surface area contributed by atoms with Gasteiger partial charge in [-0.15, -0.1) is 0 Å². The fourth-order valence-electron chi connectivity index (χ4n) is 2.23. The van der Waals surface area contributed by atoms with Crippen LogP contribution in [0.1, 0.15) is 13.3 Å². The van der Waals surface area contributed by atoms with Crippen LogP contribution >= 0.6 is 15.9 Å². The van der Waals surface area contributed by atoms with Gasteiger partial charge in [-0.3, -0.25) is 14.4 Å². The summed E-state index contributed by atoms with van der Waals surface area (Å²) in [6.07, 6.45) is -0.388. The van der Waals surface area contributed by atoms with Crippen molar-refractivity contribution in [3.63, 3.8) is 0 Å². The Balaban J connectivity index is 1.80. The molecule has 2 rings (SSSR count). The summed E-state index contributed by atoms with van der Waals surface area (Å²) in [4.78, 5) is 34.6. The predicted octanol–water partition coefficient (Wildman–Crippen LogP) is 2.75. The van der Waals surface area contributed by atoms with E-state index in [0.717, 1.165) is 4.47 Å². The van der Waals surface area contributed by atoms with Crippen LogP contribution in [-0.4, -0.2) is 38.6 Å². The molecular formula is C19H19BrN2O6S. The second kappa shape index (κ2) is 10.2. The van der Waals surface area contributed by atoms with Crippen molar-refractivity contribution in [1.82, 2.24) is 0 Å². The summed E-state index contributed by atoms with van der Waals surface area (Å²) in [5, 5.41) is 5.09. The van der Waals surface area contributed by atoms with Gasteiger partial charge in [0.15, 0.2) is 16.4 Å². The number of ether oxygens (including phenoxy) is 1. The van der Waals surface area contributed by atoms with Gasteiger partial charge in [0.1, 0.15) is 0 Å². The van der Waals surface area contributed by atoms with E-state index in [1.165, 1.54) is 31.2 Å². The van der Waals surface area contributed by atoms with Crippen LogP contribution in [0.4, 0.5) is 11.4 Å². The van der Waals surface area contributed by atoms with E-state index in [9.17, 15) is 22.8 Å². The second-order valence-corrected chi connectivity index (χ2v) is 9.02. The van der Waals surface area contributed by atoms with Crippen LogP contribution in [0.15, 0.2) is 57.9 Å².